The number of benzene rings is 2. The first-order valence-corrected chi connectivity index (χ1v) is 9.28. The lowest BCUT2D eigenvalue weighted by molar-refractivity contribution is 0.599. The van der Waals surface area contributed by atoms with Gasteiger partial charge in [-0.2, -0.15) is 0 Å². The number of anilines is 3. The summed E-state index contributed by atoms with van der Waals surface area (Å²) in [6, 6.07) is 13.2. The zero-order valence-corrected chi connectivity index (χ0v) is 15.0. The maximum Gasteiger partial charge on any atom is 0.261 e. The fourth-order valence-electron chi connectivity index (χ4n) is 2.36. The number of aryl methyl sites for hydroxylation is 2. The van der Waals surface area contributed by atoms with Crippen molar-refractivity contribution in [1.82, 2.24) is 9.97 Å². The largest absolute Gasteiger partial charge is 0.324 e. The Kier molecular flexibility index (Phi) is 4.85. The highest BCUT2D eigenvalue weighted by atomic mass is 32.2. The van der Waals surface area contributed by atoms with E-state index in [0.29, 0.717) is 11.6 Å². The first-order chi connectivity index (χ1) is 12.3. The van der Waals surface area contributed by atoms with E-state index >= 15 is 0 Å². The lowest BCUT2D eigenvalue weighted by Crippen LogP contribution is -2.12. The molecule has 0 unspecified atom stereocenters. The first-order valence-electron chi connectivity index (χ1n) is 7.80. The first kappa shape index (κ1) is 17.8. The number of aromatic nitrogens is 2. The quantitative estimate of drug-likeness (QED) is 0.712. The van der Waals surface area contributed by atoms with Crippen LogP contribution in [-0.2, 0) is 10.0 Å². The lowest BCUT2D eigenvalue weighted by Gasteiger charge is -2.10. The van der Waals surface area contributed by atoms with Gasteiger partial charge >= 0.3 is 0 Å². The van der Waals surface area contributed by atoms with Gasteiger partial charge in [-0.3, -0.25) is 4.72 Å². The second-order valence-electron chi connectivity index (χ2n) is 5.74. The molecule has 2 aromatic carbocycles. The Morgan fingerprint density at radius 2 is 1.38 bits per heavy atom. The molecule has 26 heavy (non-hydrogen) atoms. The second kappa shape index (κ2) is 7.09. The zero-order chi connectivity index (χ0) is 18.7. The van der Waals surface area contributed by atoms with E-state index in [9.17, 15) is 12.8 Å². The number of hydrogen-bond acceptors (Lipinski definition) is 5. The van der Waals surface area contributed by atoms with Crippen LogP contribution >= 0.6 is 0 Å². The third kappa shape index (κ3) is 4.34. The van der Waals surface area contributed by atoms with Gasteiger partial charge in [0.2, 0.25) is 5.95 Å². The van der Waals surface area contributed by atoms with Gasteiger partial charge in [-0.1, -0.05) is 0 Å². The van der Waals surface area contributed by atoms with Crippen LogP contribution in [0.1, 0.15) is 11.4 Å². The van der Waals surface area contributed by atoms with Crippen LogP contribution in [0.3, 0.4) is 0 Å². The molecule has 0 bridgehead atoms. The molecule has 0 fully saturated rings. The van der Waals surface area contributed by atoms with E-state index in [2.05, 4.69) is 20.0 Å². The number of halogens is 1. The molecule has 0 aliphatic carbocycles. The molecule has 3 rings (SSSR count). The predicted molar refractivity (Wildman–Crippen MR) is 98.4 cm³/mol. The van der Waals surface area contributed by atoms with Gasteiger partial charge in [0.25, 0.3) is 10.0 Å². The van der Waals surface area contributed by atoms with Crippen molar-refractivity contribution in [3.63, 3.8) is 0 Å². The minimum Gasteiger partial charge on any atom is -0.324 e. The minimum absolute atomic E-state index is 0.00950. The molecule has 0 spiro atoms. The molecule has 3 aromatic rings. The molecule has 6 nitrogen and oxygen atoms in total. The number of sulfonamides is 1. The van der Waals surface area contributed by atoms with Crippen LogP contribution in [0, 0.1) is 19.7 Å². The molecule has 0 saturated carbocycles. The maximum absolute atomic E-state index is 12.9. The second-order valence-corrected chi connectivity index (χ2v) is 7.42. The molecule has 0 saturated heterocycles. The van der Waals surface area contributed by atoms with Crippen LogP contribution < -0.4 is 10.0 Å². The monoisotopic (exact) mass is 372 g/mol. The molecule has 1 heterocycles. The molecule has 0 atom stereocenters. The van der Waals surface area contributed by atoms with Gasteiger partial charge in [0.05, 0.1) is 4.90 Å². The standard InChI is InChI=1S/C18H17FN4O2S/c1-12-11-13(2)21-18(20-12)22-15-5-7-16(8-6-15)23-26(24,25)17-9-3-14(19)4-10-17/h3-11,23H,1-2H3,(H,20,21,22). The SMILES string of the molecule is Cc1cc(C)nc(Nc2ccc(NS(=O)(=O)c3ccc(F)cc3)cc2)n1. The summed E-state index contributed by atoms with van der Waals surface area (Å²) in [6.45, 7) is 3.76. The van der Waals surface area contributed by atoms with Crippen molar-refractivity contribution < 1.29 is 12.8 Å². The fraction of sp³-hybridized carbons (Fsp3) is 0.111. The molecular weight excluding hydrogens is 355 g/mol. The molecule has 0 aliphatic rings. The molecule has 1 aromatic heterocycles. The highest BCUT2D eigenvalue weighted by molar-refractivity contribution is 7.92. The Morgan fingerprint density at radius 3 is 1.96 bits per heavy atom. The molecule has 134 valence electrons. The number of nitrogens with one attached hydrogen (secondary N) is 2. The molecule has 8 heteroatoms. The molecular formula is C18H17FN4O2S. The summed E-state index contributed by atoms with van der Waals surface area (Å²) in [6.07, 6.45) is 0. The number of rotatable bonds is 5. The van der Waals surface area contributed by atoms with Gasteiger partial charge < -0.3 is 5.32 Å². The Bertz CT molecular complexity index is 1000. The lowest BCUT2D eigenvalue weighted by atomic mass is 10.3. The Labute approximate surface area is 151 Å². The van der Waals surface area contributed by atoms with Crippen molar-refractivity contribution in [1.29, 1.82) is 0 Å². The van der Waals surface area contributed by atoms with Crippen LogP contribution in [0.2, 0.25) is 0 Å². The summed E-state index contributed by atoms with van der Waals surface area (Å²) in [5.74, 6) is -0.0184. The number of hydrogen-bond donors (Lipinski definition) is 2. The normalized spacial score (nSPS) is 11.2. The van der Waals surface area contributed by atoms with E-state index in [0.717, 1.165) is 29.2 Å². The van der Waals surface area contributed by atoms with E-state index in [4.69, 9.17) is 0 Å². The molecule has 2 N–H and O–H groups in total. The van der Waals surface area contributed by atoms with Crippen LogP contribution in [0.15, 0.2) is 59.5 Å². The van der Waals surface area contributed by atoms with E-state index in [-0.39, 0.29) is 4.90 Å². The van der Waals surface area contributed by atoms with Gasteiger partial charge in [-0.15, -0.1) is 0 Å². The van der Waals surface area contributed by atoms with Gasteiger partial charge in [0, 0.05) is 22.8 Å². The summed E-state index contributed by atoms with van der Waals surface area (Å²) in [5, 5.41) is 3.07. The molecule has 0 radical (unpaired) electrons. The minimum atomic E-state index is -3.77. The third-order valence-electron chi connectivity index (χ3n) is 3.50. The van der Waals surface area contributed by atoms with Gasteiger partial charge in [-0.25, -0.2) is 22.8 Å². The van der Waals surface area contributed by atoms with Gasteiger partial charge in [0.15, 0.2) is 0 Å². The topological polar surface area (TPSA) is 84.0 Å². The van der Waals surface area contributed by atoms with E-state index in [1.54, 1.807) is 24.3 Å². The summed E-state index contributed by atoms with van der Waals surface area (Å²) < 4.78 is 40.0. The van der Waals surface area contributed by atoms with Crippen molar-refractivity contribution >= 4 is 27.3 Å². The van der Waals surface area contributed by atoms with Crippen LogP contribution in [0.25, 0.3) is 0 Å². The van der Waals surface area contributed by atoms with Crippen molar-refractivity contribution in [2.45, 2.75) is 18.7 Å². The maximum atomic E-state index is 12.9. The fourth-order valence-corrected chi connectivity index (χ4v) is 3.42. The van der Waals surface area contributed by atoms with Gasteiger partial charge in [0.1, 0.15) is 5.82 Å². The summed E-state index contributed by atoms with van der Waals surface area (Å²) in [5.41, 5.74) is 2.81. The average molecular weight is 372 g/mol. The van der Waals surface area contributed by atoms with E-state index < -0.39 is 15.8 Å². The summed E-state index contributed by atoms with van der Waals surface area (Å²) in [4.78, 5) is 8.58. The van der Waals surface area contributed by atoms with E-state index in [1.807, 2.05) is 19.9 Å². The van der Waals surface area contributed by atoms with Crippen molar-refractivity contribution in [2.75, 3.05) is 10.0 Å². The predicted octanol–water partition coefficient (Wildman–Crippen LogP) is 3.78. The Morgan fingerprint density at radius 1 is 0.846 bits per heavy atom. The van der Waals surface area contributed by atoms with Crippen LogP contribution in [0.4, 0.5) is 21.7 Å². The highest BCUT2D eigenvalue weighted by Gasteiger charge is 2.14. The number of nitrogens with zero attached hydrogens (tertiary/aromatic N) is 2. The van der Waals surface area contributed by atoms with Crippen LogP contribution in [-0.4, -0.2) is 18.4 Å². The van der Waals surface area contributed by atoms with Crippen molar-refractivity contribution in [3.05, 3.63) is 71.8 Å². The highest BCUT2D eigenvalue weighted by Crippen LogP contribution is 2.20. The summed E-state index contributed by atoms with van der Waals surface area (Å²) in [7, 11) is -3.77. The summed E-state index contributed by atoms with van der Waals surface area (Å²) >= 11 is 0. The van der Waals surface area contributed by atoms with E-state index in [1.165, 1.54) is 12.1 Å². The van der Waals surface area contributed by atoms with Crippen LogP contribution in [0.5, 0.6) is 0 Å². The Balaban J connectivity index is 1.74. The van der Waals surface area contributed by atoms with Crippen molar-refractivity contribution in [2.24, 2.45) is 0 Å². The van der Waals surface area contributed by atoms with Gasteiger partial charge in [-0.05, 0) is 68.4 Å². The Hall–Kier alpha value is -3.00. The third-order valence-corrected chi connectivity index (χ3v) is 4.90. The zero-order valence-electron chi connectivity index (χ0n) is 14.2. The molecule has 0 amide bonds. The average Bonchev–Trinajstić information content (AvgIpc) is 2.56. The van der Waals surface area contributed by atoms with Crippen molar-refractivity contribution in [3.8, 4) is 0 Å². The smallest absolute Gasteiger partial charge is 0.261 e. The molecule has 0 aliphatic heterocycles.